The summed E-state index contributed by atoms with van der Waals surface area (Å²) in [5, 5.41) is 11.3. The van der Waals surface area contributed by atoms with Crippen molar-refractivity contribution in [2.24, 2.45) is 5.84 Å². The minimum atomic E-state index is 0.286. The maximum atomic E-state index is 5.92. The predicted octanol–water partition coefficient (Wildman–Crippen LogP) is 2.80. The first-order valence-corrected chi connectivity index (χ1v) is 6.74. The summed E-state index contributed by atoms with van der Waals surface area (Å²) in [6, 6.07) is 5.42. The van der Waals surface area contributed by atoms with E-state index in [1.165, 1.54) is 0 Å². The van der Waals surface area contributed by atoms with Crippen molar-refractivity contribution in [3.8, 4) is 0 Å². The molecule has 0 amide bonds. The Bertz CT molecular complexity index is 773. The number of hydrogen-bond acceptors (Lipinski definition) is 6. The first kappa shape index (κ1) is 13.1. The van der Waals surface area contributed by atoms with E-state index in [9.17, 15) is 0 Å². The van der Waals surface area contributed by atoms with Gasteiger partial charge < -0.3 is 5.32 Å². The zero-order chi connectivity index (χ0) is 14.1. The SMILES string of the molecule is NNc1nc(Nc2ccc(Cl)cc2Br)c2cn[nH]c2n1. The van der Waals surface area contributed by atoms with Gasteiger partial charge in [-0.25, -0.2) is 5.84 Å². The minimum absolute atomic E-state index is 0.286. The molecule has 0 saturated heterocycles. The van der Waals surface area contributed by atoms with Crippen LogP contribution in [-0.2, 0) is 0 Å². The first-order valence-electron chi connectivity index (χ1n) is 5.57. The lowest BCUT2D eigenvalue weighted by Gasteiger charge is -2.10. The van der Waals surface area contributed by atoms with E-state index in [1.807, 2.05) is 6.07 Å². The lowest BCUT2D eigenvalue weighted by Crippen LogP contribution is -2.11. The molecule has 0 spiro atoms. The standard InChI is InChI=1S/C11H9BrClN7/c12-7-3-5(13)1-2-8(7)16-9-6-4-15-20-10(6)18-11(17-9)19-14/h1-4H,14H2,(H3,15,16,17,18,19,20). The number of fused-ring (bicyclic) bond motifs is 1. The summed E-state index contributed by atoms with van der Waals surface area (Å²) in [6.45, 7) is 0. The van der Waals surface area contributed by atoms with Gasteiger partial charge in [0.25, 0.3) is 0 Å². The molecule has 2 heterocycles. The number of halogens is 2. The van der Waals surface area contributed by atoms with Crippen molar-refractivity contribution in [2.75, 3.05) is 10.7 Å². The highest BCUT2D eigenvalue weighted by Gasteiger charge is 2.10. The van der Waals surface area contributed by atoms with Crippen molar-refractivity contribution in [3.63, 3.8) is 0 Å². The number of nitrogens with two attached hydrogens (primary N) is 1. The van der Waals surface area contributed by atoms with Gasteiger partial charge >= 0.3 is 0 Å². The van der Waals surface area contributed by atoms with Gasteiger partial charge in [-0.05, 0) is 34.1 Å². The molecule has 7 nitrogen and oxygen atoms in total. The Hall–Kier alpha value is -1.90. The monoisotopic (exact) mass is 353 g/mol. The molecule has 0 aliphatic carbocycles. The van der Waals surface area contributed by atoms with E-state index >= 15 is 0 Å². The first-order chi connectivity index (χ1) is 9.67. The quantitative estimate of drug-likeness (QED) is 0.426. The van der Waals surface area contributed by atoms with Gasteiger partial charge in [0.2, 0.25) is 5.95 Å². The van der Waals surface area contributed by atoms with Crippen LogP contribution in [0, 0.1) is 0 Å². The van der Waals surface area contributed by atoms with Gasteiger partial charge in [-0.1, -0.05) is 11.6 Å². The highest BCUT2D eigenvalue weighted by molar-refractivity contribution is 9.10. The summed E-state index contributed by atoms with van der Waals surface area (Å²) in [4.78, 5) is 8.43. The van der Waals surface area contributed by atoms with Gasteiger partial charge in [-0.15, -0.1) is 0 Å². The number of rotatable bonds is 3. The fourth-order valence-electron chi connectivity index (χ4n) is 1.71. The number of anilines is 3. The predicted molar refractivity (Wildman–Crippen MR) is 81.9 cm³/mol. The van der Waals surface area contributed by atoms with Crippen LogP contribution >= 0.6 is 27.5 Å². The van der Waals surface area contributed by atoms with E-state index in [0.717, 1.165) is 15.5 Å². The molecule has 0 aliphatic heterocycles. The number of nitrogens with one attached hydrogen (secondary N) is 3. The summed E-state index contributed by atoms with van der Waals surface area (Å²) in [5.74, 6) is 6.23. The van der Waals surface area contributed by atoms with Gasteiger partial charge in [0.05, 0.1) is 17.3 Å². The van der Waals surface area contributed by atoms with Crippen LogP contribution in [0.5, 0.6) is 0 Å². The summed E-state index contributed by atoms with van der Waals surface area (Å²) in [6.07, 6.45) is 1.64. The van der Waals surface area contributed by atoms with Gasteiger partial charge in [0.1, 0.15) is 5.82 Å². The van der Waals surface area contributed by atoms with Crippen molar-refractivity contribution < 1.29 is 0 Å². The molecule has 0 aliphatic rings. The number of benzene rings is 1. The van der Waals surface area contributed by atoms with Crippen LogP contribution in [-0.4, -0.2) is 20.2 Å². The molecule has 2 aromatic heterocycles. The molecule has 9 heteroatoms. The average Bonchev–Trinajstić information content (AvgIpc) is 2.90. The normalized spacial score (nSPS) is 10.8. The smallest absolute Gasteiger partial charge is 0.241 e. The Morgan fingerprint density at radius 1 is 1.30 bits per heavy atom. The number of aromatic nitrogens is 4. The Kier molecular flexibility index (Phi) is 3.43. The summed E-state index contributed by atoms with van der Waals surface area (Å²) >= 11 is 9.36. The Balaban J connectivity index is 2.07. The second-order valence-electron chi connectivity index (χ2n) is 3.92. The molecular weight excluding hydrogens is 346 g/mol. The van der Waals surface area contributed by atoms with Gasteiger partial charge in [-0.2, -0.15) is 15.1 Å². The third kappa shape index (κ3) is 2.40. The van der Waals surface area contributed by atoms with Crippen LogP contribution in [0.3, 0.4) is 0 Å². The van der Waals surface area contributed by atoms with Crippen LogP contribution in [0.4, 0.5) is 17.5 Å². The lowest BCUT2D eigenvalue weighted by atomic mass is 10.3. The topological polar surface area (TPSA) is 105 Å². The fourth-order valence-corrected chi connectivity index (χ4v) is 2.49. The number of hydrazine groups is 1. The summed E-state index contributed by atoms with van der Waals surface area (Å²) in [5.41, 5.74) is 3.82. The summed E-state index contributed by atoms with van der Waals surface area (Å²) in [7, 11) is 0. The van der Waals surface area contributed by atoms with E-state index in [2.05, 4.69) is 46.8 Å². The third-order valence-electron chi connectivity index (χ3n) is 2.62. The molecule has 0 bridgehead atoms. The molecule has 102 valence electrons. The largest absolute Gasteiger partial charge is 0.339 e. The Morgan fingerprint density at radius 2 is 2.15 bits per heavy atom. The maximum Gasteiger partial charge on any atom is 0.241 e. The van der Waals surface area contributed by atoms with Crippen LogP contribution in [0.25, 0.3) is 11.0 Å². The van der Waals surface area contributed by atoms with Gasteiger partial charge in [0.15, 0.2) is 5.65 Å². The number of H-pyrrole nitrogens is 1. The zero-order valence-electron chi connectivity index (χ0n) is 9.98. The summed E-state index contributed by atoms with van der Waals surface area (Å²) < 4.78 is 0.822. The molecular formula is C11H9BrClN7. The van der Waals surface area contributed by atoms with Gasteiger partial charge in [0, 0.05) is 9.50 Å². The molecule has 0 fully saturated rings. The third-order valence-corrected chi connectivity index (χ3v) is 3.51. The molecule has 3 aromatic rings. The minimum Gasteiger partial charge on any atom is -0.339 e. The molecule has 5 N–H and O–H groups in total. The highest BCUT2D eigenvalue weighted by atomic mass is 79.9. The molecule has 1 aromatic carbocycles. The molecule has 0 unspecified atom stereocenters. The highest BCUT2D eigenvalue weighted by Crippen LogP contribution is 2.30. The molecule has 3 rings (SSSR count). The van der Waals surface area contributed by atoms with E-state index in [-0.39, 0.29) is 5.95 Å². The molecule has 20 heavy (non-hydrogen) atoms. The van der Waals surface area contributed by atoms with Crippen LogP contribution in [0.15, 0.2) is 28.9 Å². The van der Waals surface area contributed by atoms with Crippen LogP contribution < -0.4 is 16.6 Å². The second-order valence-corrected chi connectivity index (χ2v) is 5.21. The van der Waals surface area contributed by atoms with Crippen molar-refractivity contribution in [2.45, 2.75) is 0 Å². The fraction of sp³-hybridized carbons (Fsp3) is 0. The second kappa shape index (κ2) is 5.23. The van der Waals surface area contributed by atoms with Crippen molar-refractivity contribution in [1.29, 1.82) is 0 Å². The van der Waals surface area contributed by atoms with Crippen molar-refractivity contribution in [3.05, 3.63) is 33.9 Å². The molecule has 0 radical (unpaired) electrons. The lowest BCUT2D eigenvalue weighted by molar-refractivity contribution is 1.08. The van der Waals surface area contributed by atoms with E-state index in [0.29, 0.717) is 16.5 Å². The van der Waals surface area contributed by atoms with Gasteiger partial charge in [-0.3, -0.25) is 10.5 Å². The molecule has 0 saturated carbocycles. The number of aromatic amines is 1. The number of nitrogens with zero attached hydrogens (tertiary/aromatic N) is 3. The van der Waals surface area contributed by atoms with E-state index in [4.69, 9.17) is 17.4 Å². The van der Waals surface area contributed by atoms with Crippen molar-refractivity contribution >= 4 is 56.0 Å². The average molecular weight is 355 g/mol. The van der Waals surface area contributed by atoms with E-state index < -0.39 is 0 Å². The zero-order valence-corrected chi connectivity index (χ0v) is 12.3. The maximum absolute atomic E-state index is 5.92. The Morgan fingerprint density at radius 3 is 2.90 bits per heavy atom. The van der Waals surface area contributed by atoms with Crippen LogP contribution in [0.2, 0.25) is 5.02 Å². The van der Waals surface area contributed by atoms with Crippen LogP contribution in [0.1, 0.15) is 0 Å². The number of hydrogen-bond donors (Lipinski definition) is 4. The molecule has 0 atom stereocenters. The Labute approximate surface area is 127 Å². The van der Waals surface area contributed by atoms with E-state index in [1.54, 1.807) is 18.3 Å². The van der Waals surface area contributed by atoms with Crippen molar-refractivity contribution in [1.82, 2.24) is 20.2 Å². The number of nitrogen functional groups attached to an aromatic ring is 1.